The smallest absolute Gasteiger partial charge is 0.127 e. The number of benzene rings is 2. The molecule has 0 spiro atoms. The van der Waals surface area contributed by atoms with Gasteiger partial charge in [0.15, 0.2) is 0 Å². The van der Waals surface area contributed by atoms with Gasteiger partial charge in [0.2, 0.25) is 0 Å². The lowest BCUT2D eigenvalue weighted by Crippen LogP contribution is -1.91. The van der Waals surface area contributed by atoms with Gasteiger partial charge in [0.05, 0.1) is 0 Å². The number of hydrogen-bond donors (Lipinski definition) is 0. The van der Waals surface area contributed by atoms with E-state index in [1.807, 2.05) is 68.5 Å². The van der Waals surface area contributed by atoms with Crippen molar-refractivity contribution in [1.82, 2.24) is 0 Å². The summed E-state index contributed by atoms with van der Waals surface area (Å²) in [6.45, 7) is 11.3. The normalized spacial score (nSPS) is 12.1. The molecular formula is C24H24O2S. The van der Waals surface area contributed by atoms with Gasteiger partial charge in [-0.3, -0.25) is 0 Å². The topological polar surface area (TPSA) is 18.5 Å². The van der Waals surface area contributed by atoms with Crippen molar-refractivity contribution in [3.63, 3.8) is 0 Å². The third kappa shape index (κ3) is 6.72. The van der Waals surface area contributed by atoms with E-state index in [0.29, 0.717) is 5.76 Å². The average molecular weight is 377 g/mol. The van der Waals surface area contributed by atoms with Gasteiger partial charge in [-0.25, -0.2) is 0 Å². The maximum atomic E-state index is 5.82. The minimum atomic E-state index is 0.666. The Morgan fingerprint density at radius 3 is 1.74 bits per heavy atom. The molecule has 2 rings (SSSR count). The number of hydrogen-bond acceptors (Lipinski definition) is 3. The molecule has 2 aromatic carbocycles. The summed E-state index contributed by atoms with van der Waals surface area (Å²) >= 11 is 1.68. The lowest BCUT2D eigenvalue weighted by molar-refractivity contribution is 0.443. The molecule has 0 aliphatic rings. The highest BCUT2D eigenvalue weighted by Gasteiger charge is 2.02. The zero-order valence-corrected chi connectivity index (χ0v) is 16.5. The predicted octanol–water partition coefficient (Wildman–Crippen LogP) is 7.33. The molecular weight excluding hydrogens is 352 g/mol. The van der Waals surface area contributed by atoms with Gasteiger partial charge in [-0.2, -0.15) is 0 Å². The van der Waals surface area contributed by atoms with Crippen molar-refractivity contribution in [3.8, 4) is 11.5 Å². The zero-order valence-electron chi connectivity index (χ0n) is 15.7. The summed E-state index contributed by atoms with van der Waals surface area (Å²) in [6, 6.07) is 16.0. The third-order valence-corrected chi connectivity index (χ3v) is 4.47. The SMILES string of the molecule is C=C/C=C(\C=C)Oc1ccc(Sc2ccc(OC(/C=C\C)=C/C)cc2)cc1. The Morgan fingerprint density at radius 1 is 0.815 bits per heavy atom. The monoisotopic (exact) mass is 376 g/mol. The van der Waals surface area contributed by atoms with E-state index in [-0.39, 0.29) is 0 Å². The molecule has 0 radical (unpaired) electrons. The average Bonchev–Trinajstić information content (AvgIpc) is 2.70. The van der Waals surface area contributed by atoms with Gasteiger partial charge >= 0.3 is 0 Å². The maximum absolute atomic E-state index is 5.82. The fraction of sp³-hybridized carbons (Fsp3) is 0.0833. The quantitative estimate of drug-likeness (QED) is 0.337. The van der Waals surface area contributed by atoms with Crippen LogP contribution in [0.5, 0.6) is 11.5 Å². The van der Waals surface area contributed by atoms with Crippen LogP contribution in [0.4, 0.5) is 0 Å². The molecule has 0 aliphatic carbocycles. The van der Waals surface area contributed by atoms with Gasteiger partial charge in [0.25, 0.3) is 0 Å². The fourth-order valence-corrected chi connectivity index (χ4v) is 2.99. The predicted molar refractivity (Wildman–Crippen MR) is 115 cm³/mol. The fourth-order valence-electron chi connectivity index (χ4n) is 2.17. The van der Waals surface area contributed by atoms with Gasteiger partial charge in [0, 0.05) is 9.79 Å². The van der Waals surface area contributed by atoms with Crippen LogP contribution in [0.1, 0.15) is 13.8 Å². The van der Waals surface area contributed by atoms with E-state index in [1.54, 1.807) is 30.0 Å². The van der Waals surface area contributed by atoms with Crippen molar-refractivity contribution in [2.24, 2.45) is 0 Å². The van der Waals surface area contributed by atoms with E-state index >= 15 is 0 Å². The second-order valence-corrected chi connectivity index (χ2v) is 6.60. The molecule has 0 unspecified atom stereocenters. The minimum Gasteiger partial charge on any atom is -0.458 e. The van der Waals surface area contributed by atoms with E-state index in [2.05, 4.69) is 25.3 Å². The third-order valence-electron chi connectivity index (χ3n) is 3.45. The maximum Gasteiger partial charge on any atom is 0.127 e. The molecule has 0 saturated heterocycles. The summed E-state index contributed by atoms with van der Waals surface area (Å²) in [5, 5.41) is 0. The second-order valence-electron chi connectivity index (χ2n) is 5.45. The lowest BCUT2D eigenvalue weighted by Gasteiger charge is -2.08. The van der Waals surface area contributed by atoms with E-state index in [4.69, 9.17) is 9.47 Å². The summed E-state index contributed by atoms with van der Waals surface area (Å²) in [5.41, 5.74) is 0. The summed E-state index contributed by atoms with van der Waals surface area (Å²) in [7, 11) is 0. The molecule has 0 bridgehead atoms. The van der Waals surface area contributed by atoms with Crippen molar-refractivity contribution in [2.75, 3.05) is 0 Å². The molecule has 2 nitrogen and oxygen atoms in total. The Balaban J connectivity index is 2.00. The van der Waals surface area contributed by atoms with Crippen LogP contribution in [-0.2, 0) is 0 Å². The van der Waals surface area contributed by atoms with Gasteiger partial charge in [0.1, 0.15) is 23.0 Å². The van der Waals surface area contributed by atoms with Crippen LogP contribution in [0.2, 0.25) is 0 Å². The van der Waals surface area contributed by atoms with Crippen molar-refractivity contribution in [1.29, 1.82) is 0 Å². The summed E-state index contributed by atoms with van der Waals surface area (Å²) < 4.78 is 11.5. The van der Waals surface area contributed by atoms with Crippen LogP contribution in [0.3, 0.4) is 0 Å². The summed E-state index contributed by atoms with van der Waals surface area (Å²) in [4.78, 5) is 2.27. The first-order chi connectivity index (χ1) is 13.2. The molecule has 2 aromatic rings. The molecule has 0 fully saturated rings. The number of rotatable bonds is 9. The Kier molecular flexibility index (Phi) is 8.27. The van der Waals surface area contributed by atoms with Crippen molar-refractivity contribution in [3.05, 3.63) is 110 Å². The van der Waals surface area contributed by atoms with Crippen LogP contribution >= 0.6 is 11.8 Å². The largest absolute Gasteiger partial charge is 0.458 e. The standard InChI is InChI=1S/C24H24O2S/c1-5-9-19(7-3)25-21-11-15-23(16-12-21)27-24-17-13-22(14-18-24)26-20(8-4)10-6-2/h5-18H,1,3H2,2,4H3/b10-6-,19-9+,20-8+. The molecule has 0 aromatic heterocycles. The molecule has 0 heterocycles. The van der Waals surface area contributed by atoms with Gasteiger partial charge < -0.3 is 9.47 Å². The van der Waals surface area contributed by atoms with Crippen molar-refractivity contribution in [2.45, 2.75) is 23.6 Å². The Hall–Kier alpha value is -2.91. The van der Waals surface area contributed by atoms with E-state index in [0.717, 1.165) is 27.0 Å². The highest BCUT2D eigenvalue weighted by molar-refractivity contribution is 7.99. The molecule has 0 atom stereocenters. The molecule has 0 amide bonds. The van der Waals surface area contributed by atoms with Gasteiger partial charge in [-0.1, -0.05) is 37.1 Å². The Bertz CT molecular complexity index is 841. The van der Waals surface area contributed by atoms with Crippen molar-refractivity contribution >= 4 is 11.8 Å². The molecule has 27 heavy (non-hydrogen) atoms. The molecule has 0 aliphatic heterocycles. The molecule has 3 heteroatoms. The highest BCUT2D eigenvalue weighted by Crippen LogP contribution is 2.31. The van der Waals surface area contributed by atoms with Crippen LogP contribution in [0.25, 0.3) is 0 Å². The Morgan fingerprint density at radius 2 is 1.33 bits per heavy atom. The Labute approximate surface area is 166 Å². The summed E-state index contributed by atoms with van der Waals surface area (Å²) in [5.74, 6) is 3.08. The molecule has 0 N–H and O–H groups in total. The van der Waals surface area contributed by atoms with Crippen LogP contribution in [0, 0.1) is 0 Å². The summed E-state index contributed by atoms with van der Waals surface area (Å²) in [6.07, 6.45) is 10.9. The van der Waals surface area contributed by atoms with E-state index in [9.17, 15) is 0 Å². The van der Waals surface area contributed by atoms with Crippen LogP contribution in [-0.4, -0.2) is 0 Å². The first-order valence-electron chi connectivity index (χ1n) is 8.66. The number of allylic oxidation sites excluding steroid dienone is 6. The molecule has 138 valence electrons. The van der Waals surface area contributed by atoms with Crippen LogP contribution in [0.15, 0.2) is 119 Å². The van der Waals surface area contributed by atoms with E-state index < -0.39 is 0 Å². The van der Waals surface area contributed by atoms with Crippen molar-refractivity contribution < 1.29 is 9.47 Å². The highest BCUT2D eigenvalue weighted by atomic mass is 32.2. The number of ether oxygens (including phenoxy) is 2. The van der Waals surface area contributed by atoms with Gasteiger partial charge in [-0.05, 0) is 86.7 Å². The van der Waals surface area contributed by atoms with Gasteiger partial charge in [-0.15, -0.1) is 0 Å². The minimum absolute atomic E-state index is 0.666. The first-order valence-corrected chi connectivity index (χ1v) is 9.48. The second kappa shape index (κ2) is 10.9. The zero-order chi connectivity index (χ0) is 19.5. The van der Waals surface area contributed by atoms with E-state index in [1.165, 1.54) is 0 Å². The van der Waals surface area contributed by atoms with Crippen LogP contribution < -0.4 is 9.47 Å². The first kappa shape index (κ1) is 20.4. The lowest BCUT2D eigenvalue weighted by atomic mass is 10.3. The molecule has 0 saturated carbocycles.